The van der Waals surface area contributed by atoms with E-state index in [9.17, 15) is 10.2 Å². The number of aliphatic hydroxyl groups is 2. The Kier molecular flexibility index (Phi) is 5.53. The fourth-order valence-corrected chi connectivity index (χ4v) is 3.31. The average Bonchev–Trinajstić information content (AvgIpc) is 2.46. The van der Waals surface area contributed by atoms with Gasteiger partial charge in [0.15, 0.2) is 0 Å². The molecule has 2 aliphatic carbocycles. The Morgan fingerprint density at radius 2 is 0.944 bits per heavy atom. The molecule has 18 heavy (non-hydrogen) atoms. The smallest absolute Gasteiger partial charge is 0.117 e. The van der Waals surface area contributed by atoms with E-state index in [0.29, 0.717) is 11.8 Å². The Morgan fingerprint density at radius 1 is 0.611 bits per heavy atom. The van der Waals surface area contributed by atoms with Crippen LogP contribution in [0.3, 0.4) is 0 Å². The number of hydrogen-bond donors (Lipinski definition) is 2. The Balaban J connectivity index is 1.81. The van der Waals surface area contributed by atoms with E-state index in [1.54, 1.807) is 0 Å². The summed E-state index contributed by atoms with van der Waals surface area (Å²) in [5, 5.41) is 20.1. The van der Waals surface area contributed by atoms with Gasteiger partial charge >= 0.3 is 0 Å². The van der Waals surface area contributed by atoms with E-state index >= 15 is 0 Å². The Labute approximate surface area is 111 Å². The summed E-state index contributed by atoms with van der Waals surface area (Å²) in [6.07, 6.45) is 10.8. The van der Waals surface area contributed by atoms with Crippen LogP contribution in [-0.4, -0.2) is 22.4 Å². The van der Waals surface area contributed by atoms with E-state index in [2.05, 4.69) is 11.8 Å². The molecule has 0 saturated heterocycles. The molecule has 0 aromatic carbocycles. The van der Waals surface area contributed by atoms with Gasteiger partial charge in [-0.3, -0.25) is 0 Å². The van der Waals surface area contributed by atoms with Crippen LogP contribution < -0.4 is 0 Å². The lowest BCUT2D eigenvalue weighted by Gasteiger charge is -2.24. The third kappa shape index (κ3) is 4.00. The SMILES string of the molecule is O[C@H](C#C[C@@H](O)C1CCCCC1)C1CCCCC1. The molecule has 0 spiro atoms. The molecule has 0 amide bonds. The standard InChI is InChI=1S/C16H26O2/c17-15(13-7-3-1-4-8-13)11-12-16(18)14-9-5-2-6-10-14/h13-18H,1-10H2/t15-,16-/m1/s1. The van der Waals surface area contributed by atoms with E-state index < -0.39 is 12.2 Å². The number of hydrogen-bond acceptors (Lipinski definition) is 2. The van der Waals surface area contributed by atoms with Crippen LogP contribution in [0.5, 0.6) is 0 Å². The van der Waals surface area contributed by atoms with Gasteiger partial charge in [0.05, 0.1) is 0 Å². The molecule has 0 aromatic rings. The Hall–Kier alpha value is -0.520. The van der Waals surface area contributed by atoms with Crippen LogP contribution in [0.4, 0.5) is 0 Å². The van der Waals surface area contributed by atoms with Crippen molar-refractivity contribution >= 4 is 0 Å². The minimum atomic E-state index is -0.524. The molecule has 2 rings (SSSR count). The van der Waals surface area contributed by atoms with E-state index in [4.69, 9.17) is 0 Å². The van der Waals surface area contributed by atoms with Crippen molar-refractivity contribution in [3.8, 4) is 11.8 Å². The maximum atomic E-state index is 10.0. The monoisotopic (exact) mass is 250 g/mol. The maximum Gasteiger partial charge on any atom is 0.117 e. The zero-order valence-electron chi connectivity index (χ0n) is 11.3. The van der Waals surface area contributed by atoms with Crippen LogP contribution in [0.1, 0.15) is 64.2 Å². The van der Waals surface area contributed by atoms with Gasteiger partial charge in [0, 0.05) is 0 Å². The van der Waals surface area contributed by atoms with Gasteiger partial charge in [0.25, 0.3) is 0 Å². The largest absolute Gasteiger partial charge is 0.380 e. The fraction of sp³-hybridized carbons (Fsp3) is 0.875. The molecule has 2 atom stereocenters. The molecule has 0 aromatic heterocycles. The molecule has 2 heteroatoms. The van der Waals surface area contributed by atoms with E-state index in [1.165, 1.54) is 38.5 Å². The predicted octanol–water partition coefficient (Wildman–Crippen LogP) is 2.87. The van der Waals surface area contributed by atoms with Gasteiger partial charge in [-0.1, -0.05) is 50.4 Å². The molecule has 2 fully saturated rings. The van der Waals surface area contributed by atoms with Gasteiger partial charge in [-0.25, -0.2) is 0 Å². The van der Waals surface area contributed by atoms with Crippen LogP contribution >= 0.6 is 0 Å². The van der Waals surface area contributed by atoms with Crippen LogP contribution in [0, 0.1) is 23.7 Å². The molecule has 2 N–H and O–H groups in total. The third-order valence-electron chi connectivity index (χ3n) is 4.57. The zero-order valence-corrected chi connectivity index (χ0v) is 11.3. The van der Waals surface area contributed by atoms with Crippen molar-refractivity contribution < 1.29 is 10.2 Å². The van der Waals surface area contributed by atoms with Crippen molar-refractivity contribution in [2.75, 3.05) is 0 Å². The molecule has 102 valence electrons. The lowest BCUT2D eigenvalue weighted by molar-refractivity contribution is 0.124. The van der Waals surface area contributed by atoms with Crippen molar-refractivity contribution in [3.63, 3.8) is 0 Å². The minimum Gasteiger partial charge on any atom is -0.380 e. The number of rotatable bonds is 2. The van der Waals surface area contributed by atoms with Crippen molar-refractivity contribution in [2.45, 2.75) is 76.4 Å². The highest BCUT2D eigenvalue weighted by Gasteiger charge is 2.22. The van der Waals surface area contributed by atoms with Gasteiger partial charge in [-0.2, -0.15) is 0 Å². The summed E-state index contributed by atoms with van der Waals surface area (Å²) < 4.78 is 0. The first kappa shape index (κ1) is 13.9. The van der Waals surface area contributed by atoms with Gasteiger partial charge in [-0.15, -0.1) is 0 Å². The topological polar surface area (TPSA) is 40.5 Å². The first-order chi connectivity index (χ1) is 8.77. The second-order valence-electron chi connectivity index (χ2n) is 5.97. The summed E-state index contributed by atoms with van der Waals surface area (Å²) >= 11 is 0. The minimum absolute atomic E-state index is 0.338. The molecule has 2 nitrogen and oxygen atoms in total. The quantitative estimate of drug-likeness (QED) is 0.740. The average molecular weight is 250 g/mol. The second kappa shape index (κ2) is 7.16. The van der Waals surface area contributed by atoms with Crippen molar-refractivity contribution in [2.24, 2.45) is 11.8 Å². The lowest BCUT2D eigenvalue weighted by atomic mass is 9.84. The summed E-state index contributed by atoms with van der Waals surface area (Å²) in [6.45, 7) is 0. The lowest BCUT2D eigenvalue weighted by Crippen LogP contribution is -2.24. The molecule has 2 saturated carbocycles. The van der Waals surface area contributed by atoms with E-state index in [1.807, 2.05) is 0 Å². The highest BCUT2D eigenvalue weighted by Crippen LogP contribution is 2.27. The molecule has 0 aliphatic heterocycles. The normalized spacial score (nSPS) is 26.1. The first-order valence-corrected chi connectivity index (χ1v) is 7.64. The highest BCUT2D eigenvalue weighted by atomic mass is 16.3. The highest BCUT2D eigenvalue weighted by molar-refractivity contribution is 5.11. The van der Waals surface area contributed by atoms with Crippen LogP contribution in [0.15, 0.2) is 0 Å². The third-order valence-corrected chi connectivity index (χ3v) is 4.57. The molecular formula is C16H26O2. The molecule has 2 aliphatic rings. The molecule has 0 heterocycles. The van der Waals surface area contributed by atoms with Crippen LogP contribution in [0.25, 0.3) is 0 Å². The molecule has 0 bridgehead atoms. The van der Waals surface area contributed by atoms with Crippen molar-refractivity contribution in [3.05, 3.63) is 0 Å². The van der Waals surface area contributed by atoms with E-state index in [0.717, 1.165) is 25.7 Å². The molecule has 0 unspecified atom stereocenters. The summed E-state index contributed by atoms with van der Waals surface area (Å²) in [6, 6.07) is 0. The summed E-state index contributed by atoms with van der Waals surface area (Å²) in [7, 11) is 0. The van der Waals surface area contributed by atoms with Crippen molar-refractivity contribution in [1.29, 1.82) is 0 Å². The van der Waals surface area contributed by atoms with Gasteiger partial charge in [0.2, 0.25) is 0 Å². The van der Waals surface area contributed by atoms with Gasteiger partial charge < -0.3 is 10.2 Å². The zero-order chi connectivity index (χ0) is 12.8. The van der Waals surface area contributed by atoms with Gasteiger partial charge in [-0.05, 0) is 37.5 Å². The second-order valence-corrected chi connectivity index (χ2v) is 5.97. The fourth-order valence-electron chi connectivity index (χ4n) is 3.31. The molecule has 0 radical (unpaired) electrons. The summed E-state index contributed by atoms with van der Waals surface area (Å²) in [5.74, 6) is 6.49. The summed E-state index contributed by atoms with van der Waals surface area (Å²) in [4.78, 5) is 0. The van der Waals surface area contributed by atoms with Crippen LogP contribution in [0.2, 0.25) is 0 Å². The maximum absolute atomic E-state index is 10.0. The Morgan fingerprint density at radius 3 is 1.28 bits per heavy atom. The summed E-state index contributed by atoms with van der Waals surface area (Å²) in [5.41, 5.74) is 0. The van der Waals surface area contributed by atoms with Gasteiger partial charge in [0.1, 0.15) is 12.2 Å². The van der Waals surface area contributed by atoms with Crippen molar-refractivity contribution in [1.82, 2.24) is 0 Å². The first-order valence-electron chi connectivity index (χ1n) is 7.64. The Bertz CT molecular complexity index is 262. The number of aliphatic hydroxyl groups excluding tert-OH is 2. The van der Waals surface area contributed by atoms with Crippen LogP contribution in [-0.2, 0) is 0 Å². The van der Waals surface area contributed by atoms with E-state index in [-0.39, 0.29) is 0 Å². The molecular weight excluding hydrogens is 224 g/mol. The predicted molar refractivity (Wildman–Crippen MR) is 72.9 cm³/mol.